The Balaban J connectivity index is 2.16. The van der Waals surface area contributed by atoms with Crippen LogP contribution in [0.25, 0.3) is 0 Å². The molecular formula is C14H13ClN4O2. The second-order valence-electron chi connectivity index (χ2n) is 4.46. The highest BCUT2D eigenvalue weighted by Gasteiger charge is 2.11. The van der Waals surface area contributed by atoms with Crippen molar-refractivity contribution in [3.63, 3.8) is 0 Å². The minimum atomic E-state index is -0.423. The lowest BCUT2D eigenvalue weighted by atomic mass is 10.2. The van der Waals surface area contributed by atoms with E-state index in [1.54, 1.807) is 38.4 Å². The van der Waals surface area contributed by atoms with Gasteiger partial charge in [-0.1, -0.05) is 17.7 Å². The van der Waals surface area contributed by atoms with Gasteiger partial charge in [0.05, 0.1) is 12.4 Å². The molecule has 0 spiro atoms. The van der Waals surface area contributed by atoms with Crippen LogP contribution in [0, 0.1) is 0 Å². The molecule has 0 bridgehead atoms. The molecule has 0 unspecified atom stereocenters. The van der Waals surface area contributed by atoms with Crippen LogP contribution in [-0.2, 0) is 0 Å². The normalized spacial score (nSPS) is 10.0. The van der Waals surface area contributed by atoms with E-state index in [-0.39, 0.29) is 16.8 Å². The highest BCUT2D eigenvalue weighted by molar-refractivity contribution is 6.29. The van der Waals surface area contributed by atoms with Crippen LogP contribution in [0.4, 0.5) is 5.69 Å². The van der Waals surface area contributed by atoms with Gasteiger partial charge in [0.15, 0.2) is 0 Å². The van der Waals surface area contributed by atoms with Gasteiger partial charge in [0.25, 0.3) is 11.8 Å². The fourth-order valence-electron chi connectivity index (χ4n) is 1.61. The van der Waals surface area contributed by atoms with Crippen LogP contribution in [0.1, 0.15) is 20.8 Å². The molecule has 2 aromatic rings. The van der Waals surface area contributed by atoms with Gasteiger partial charge < -0.3 is 10.2 Å². The Morgan fingerprint density at radius 3 is 2.57 bits per heavy atom. The Kier molecular flexibility index (Phi) is 4.49. The molecule has 21 heavy (non-hydrogen) atoms. The van der Waals surface area contributed by atoms with Gasteiger partial charge in [-0.25, -0.2) is 9.97 Å². The lowest BCUT2D eigenvalue weighted by Gasteiger charge is -2.11. The van der Waals surface area contributed by atoms with E-state index in [0.29, 0.717) is 11.3 Å². The molecule has 1 aromatic carbocycles. The Bertz CT molecular complexity index is 671. The molecule has 0 atom stereocenters. The van der Waals surface area contributed by atoms with E-state index in [2.05, 4.69) is 15.3 Å². The van der Waals surface area contributed by atoms with Gasteiger partial charge in [-0.05, 0) is 18.2 Å². The third kappa shape index (κ3) is 3.76. The van der Waals surface area contributed by atoms with Gasteiger partial charge in [0.2, 0.25) is 0 Å². The van der Waals surface area contributed by atoms with Crippen molar-refractivity contribution >= 4 is 29.1 Å². The standard InChI is InChI=1S/C14H13ClN4O2/c1-19(2)14(21)9-4-3-5-10(6-9)18-13(20)11-7-17-12(15)8-16-11/h3-8H,1-2H3,(H,18,20). The first-order valence-corrected chi connectivity index (χ1v) is 6.46. The number of rotatable bonds is 3. The van der Waals surface area contributed by atoms with E-state index in [4.69, 9.17) is 11.6 Å². The molecule has 2 rings (SSSR count). The highest BCUT2D eigenvalue weighted by atomic mass is 35.5. The van der Waals surface area contributed by atoms with Crippen molar-refractivity contribution < 1.29 is 9.59 Å². The minimum Gasteiger partial charge on any atom is -0.345 e. The maximum atomic E-state index is 12.0. The third-order valence-corrected chi connectivity index (χ3v) is 2.82. The SMILES string of the molecule is CN(C)C(=O)c1cccc(NC(=O)c2cnc(Cl)cn2)c1. The number of carbonyl (C=O) groups is 2. The molecule has 0 aliphatic rings. The summed E-state index contributed by atoms with van der Waals surface area (Å²) < 4.78 is 0. The highest BCUT2D eigenvalue weighted by Crippen LogP contribution is 2.13. The van der Waals surface area contributed by atoms with Crippen LogP contribution in [0.3, 0.4) is 0 Å². The van der Waals surface area contributed by atoms with Crippen LogP contribution in [0.5, 0.6) is 0 Å². The molecule has 7 heteroatoms. The zero-order valence-corrected chi connectivity index (χ0v) is 12.3. The summed E-state index contributed by atoms with van der Waals surface area (Å²) >= 11 is 5.61. The molecule has 6 nitrogen and oxygen atoms in total. The number of anilines is 1. The predicted molar refractivity (Wildman–Crippen MR) is 79.5 cm³/mol. The first-order valence-electron chi connectivity index (χ1n) is 6.08. The molecule has 1 N–H and O–H groups in total. The van der Waals surface area contributed by atoms with Crippen LogP contribution < -0.4 is 5.32 Å². The second kappa shape index (κ2) is 6.32. The summed E-state index contributed by atoms with van der Waals surface area (Å²) in [6.45, 7) is 0. The van der Waals surface area contributed by atoms with Crippen molar-refractivity contribution in [2.24, 2.45) is 0 Å². The van der Waals surface area contributed by atoms with Crippen molar-refractivity contribution in [2.75, 3.05) is 19.4 Å². The molecule has 2 amide bonds. The average Bonchev–Trinajstić information content (AvgIpc) is 2.47. The number of halogens is 1. The lowest BCUT2D eigenvalue weighted by molar-refractivity contribution is 0.0827. The number of amides is 2. The summed E-state index contributed by atoms with van der Waals surface area (Å²) in [5, 5.41) is 2.87. The number of nitrogens with one attached hydrogen (secondary N) is 1. The topological polar surface area (TPSA) is 75.2 Å². The van der Waals surface area contributed by atoms with Gasteiger partial charge in [-0.15, -0.1) is 0 Å². The van der Waals surface area contributed by atoms with E-state index < -0.39 is 5.91 Å². The fourth-order valence-corrected chi connectivity index (χ4v) is 1.71. The van der Waals surface area contributed by atoms with Crippen LogP contribution in [0.15, 0.2) is 36.7 Å². The van der Waals surface area contributed by atoms with E-state index in [9.17, 15) is 9.59 Å². The van der Waals surface area contributed by atoms with Gasteiger partial charge in [-0.3, -0.25) is 9.59 Å². The maximum absolute atomic E-state index is 12.0. The smallest absolute Gasteiger partial charge is 0.275 e. The van der Waals surface area contributed by atoms with Crippen molar-refractivity contribution in [3.8, 4) is 0 Å². The van der Waals surface area contributed by atoms with Crippen molar-refractivity contribution in [2.45, 2.75) is 0 Å². The van der Waals surface area contributed by atoms with Crippen LogP contribution in [-0.4, -0.2) is 40.8 Å². The largest absolute Gasteiger partial charge is 0.345 e. The summed E-state index contributed by atoms with van der Waals surface area (Å²) in [6.07, 6.45) is 2.58. The van der Waals surface area contributed by atoms with Crippen LogP contribution in [0.2, 0.25) is 5.15 Å². The summed E-state index contributed by atoms with van der Waals surface area (Å²) in [5.41, 5.74) is 1.13. The number of hydrogen-bond donors (Lipinski definition) is 1. The van der Waals surface area contributed by atoms with Crippen LogP contribution >= 0.6 is 11.6 Å². The minimum absolute atomic E-state index is 0.141. The number of benzene rings is 1. The van der Waals surface area contributed by atoms with E-state index >= 15 is 0 Å². The molecule has 0 saturated heterocycles. The molecule has 1 aromatic heterocycles. The van der Waals surface area contributed by atoms with Gasteiger partial charge in [0, 0.05) is 25.3 Å². The number of hydrogen-bond acceptors (Lipinski definition) is 4. The number of nitrogens with zero attached hydrogens (tertiary/aromatic N) is 3. The quantitative estimate of drug-likeness (QED) is 0.942. The Hall–Kier alpha value is -2.47. The van der Waals surface area contributed by atoms with E-state index in [1.165, 1.54) is 17.3 Å². The molecule has 1 heterocycles. The monoisotopic (exact) mass is 304 g/mol. The van der Waals surface area contributed by atoms with Crippen molar-refractivity contribution in [1.82, 2.24) is 14.9 Å². The molecule has 0 aliphatic heterocycles. The Morgan fingerprint density at radius 2 is 1.95 bits per heavy atom. The first-order chi connectivity index (χ1) is 9.97. The summed E-state index contributed by atoms with van der Waals surface area (Å²) in [4.78, 5) is 33.0. The Labute approximate surface area is 126 Å². The third-order valence-electron chi connectivity index (χ3n) is 2.63. The zero-order chi connectivity index (χ0) is 15.4. The Morgan fingerprint density at radius 1 is 1.19 bits per heavy atom. The second-order valence-corrected chi connectivity index (χ2v) is 4.85. The fraction of sp³-hybridized carbons (Fsp3) is 0.143. The molecule has 0 saturated carbocycles. The van der Waals surface area contributed by atoms with Gasteiger partial charge >= 0.3 is 0 Å². The molecule has 108 valence electrons. The predicted octanol–water partition coefficient (Wildman–Crippen LogP) is 2.08. The summed E-state index contributed by atoms with van der Waals surface area (Å²) in [5.74, 6) is -0.564. The van der Waals surface area contributed by atoms with E-state index in [0.717, 1.165) is 0 Å². The molecule has 0 fully saturated rings. The maximum Gasteiger partial charge on any atom is 0.275 e. The average molecular weight is 305 g/mol. The molecular weight excluding hydrogens is 292 g/mol. The van der Waals surface area contributed by atoms with Gasteiger partial charge in [-0.2, -0.15) is 0 Å². The number of carbonyl (C=O) groups excluding carboxylic acids is 2. The van der Waals surface area contributed by atoms with Gasteiger partial charge in [0.1, 0.15) is 10.8 Å². The lowest BCUT2D eigenvalue weighted by Crippen LogP contribution is -2.22. The summed E-state index contributed by atoms with van der Waals surface area (Å²) in [6, 6.07) is 6.66. The molecule has 0 aliphatic carbocycles. The van der Waals surface area contributed by atoms with Crippen molar-refractivity contribution in [1.29, 1.82) is 0 Å². The van der Waals surface area contributed by atoms with E-state index in [1.807, 2.05) is 0 Å². The first kappa shape index (κ1) is 14.9. The number of aromatic nitrogens is 2. The molecule has 0 radical (unpaired) electrons. The summed E-state index contributed by atoms with van der Waals surface area (Å²) in [7, 11) is 3.33. The zero-order valence-electron chi connectivity index (χ0n) is 11.5. The van der Waals surface area contributed by atoms with Crippen molar-refractivity contribution in [3.05, 3.63) is 53.1 Å².